The Kier molecular flexibility index (Phi) is 6.09. The molecule has 1 atom stereocenters. The topological polar surface area (TPSA) is 51.1 Å². The Hall–Kier alpha value is -1.44. The zero-order chi connectivity index (χ0) is 17.8. The minimum atomic E-state index is 0.274. The Morgan fingerprint density at radius 2 is 2.28 bits per heavy atom. The van der Waals surface area contributed by atoms with Crippen LogP contribution in [0.5, 0.6) is 0 Å². The highest BCUT2D eigenvalue weighted by Crippen LogP contribution is 2.21. The molecule has 3 rings (SSSR count). The number of aryl methyl sites for hydroxylation is 1. The fraction of sp³-hybridized carbons (Fsp3) is 0.444. The molecule has 0 spiro atoms. The second-order valence-electron chi connectivity index (χ2n) is 6.31. The minimum Gasteiger partial charge on any atom is -0.376 e. The molecule has 1 aromatic heterocycles. The number of hydrogen-bond acceptors (Lipinski definition) is 3. The van der Waals surface area contributed by atoms with E-state index in [9.17, 15) is 0 Å². The van der Waals surface area contributed by atoms with Crippen molar-refractivity contribution in [2.45, 2.75) is 39.3 Å². The lowest BCUT2D eigenvalue weighted by Crippen LogP contribution is -2.34. The number of benzene rings is 1. The monoisotopic (exact) mass is 422 g/mol. The van der Waals surface area contributed by atoms with Crippen LogP contribution in [0.15, 0.2) is 28.7 Å². The van der Waals surface area contributed by atoms with Crippen molar-refractivity contribution in [3.8, 4) is 0 Å². The third kappa shape index (κ3) is 4.80. The van der Waals surface area contributed by atoms with Crippen molar-refractivity contribution in [2.75, 3.05) is 18.5 Å². The zero-order valence-electron chi connectivity index (χ0n) is 14.5. The number of nitrogens with one attached hydrogen (secondary N) is 2. The lowest BCUT2D eigenvalue weighted by atomic mass is 10.2. The SMILES string of the molecule is Cc1nn(Cc2cccc(NC(=S)NCC3CCCO3)c2)c(C)c1Br. The molecule has 2 N–H and O–H groups in total. The van der Waals surface area contributed by atoms with E-state index in [0.717, 1.165) is 54.1 Å². The maximum atomic E-state index is 5.60. The quantitative estimate of drug-likeness (QED) is 0.717. The predicted octanol–water partition coefficient (Wildman–Crippen LogP) is 3.78. The average molecular weight is 423 g/mol. The van der Waals surface area contributed by atoms with Crippen molar-refractivity contribution >= 4 is 38.9 Å². The number of aromatic nitrogens is 2. The summed E-state index contributed by atoms with van der Waals surface area (Å²) in [5.74, 6) is 0. The van der Waals surface area contributed by atoms with Crippen LogP contribution in [0.25, 0.3) is 0 Å². The second kappa shape index (κ2) is 8.29. The molecular weight excluding hydrogens is 400 g/mol. The summed E-state index contributed by atoms with van der Waals surface area (Å²) in [5.41, 5.74) is 4.28. The molecule has 0 bridgehead atoms. The van der Waals surface area contributed by atoms with Crippen LogP contribution in [-0.2, 0) is 11.3 Å². The van der Waals surface area contributed by atoms with Gasteiger partial charge in [0, 0.05) is 18.8 Å². The number of ether oxygens (including phenoxy) is 1. The van der Waals surface area contributed by atoms with Gasteiger partial charge in [-0.2, -0.15) is 5.10 Å². The first-order chi connectivity index (χ1) is 12.0. The van der Waals surface area contributed by atoms with Crippen LogP contribution in [0.1, 0.15) is 29.8 Å². The highest BCUT2D eigenvalue weighted by atomic mass is 79.9. The lowest BCUT2D eigenvalue weighted by molar-refractivity contribution is 0.114. The number of thiocarbonyl (C=S) groups is 1. The van der Waals surface area contributed by atoms with Gasteiger partial charge in [-0.25, -0.2) is 0 Å². The van der Waals surface area contributed by atoms with E-state index >= 15 is 0 Å². The molecule has 7 heteroatoms. The van der Waals surface area contributed by atoms with Crippen molar-refractivity contribution in [2.24, 2.45) is 0 Å². The first kappa shape index (κ1) is 18.4. The summed E-state index contributed by atoms with van der Waals surface area (Å²) in [7, 11) is 0. The van der Waals surface area contributed by atoms with Gasteiger partial charge in [0.25, 0.3) is 0 Å². The molecule has 1 unspecified atom stereocenters. The molecule has 2 aromatic rings. The third-order valence-electron chi connectivity index (χ3n) is 4.32. The van der Waals surface area contributed by atoms with E-state index < -0.39 is 0 Å². The molecular formula is C18H23BrN4OS. The molecule has 1 fully saturated rings. The highest BCUT2D eigenvalue weighted by molar-refractivity contribution is 9.10. The van der Waals surface area contributed by atoms with Crippen molar-refractivity contribution in [1.29, 1.82) is 0 Å². The molecule has 1 aliphatic heterocycles. The van der Waals surface area contributed by atoms with Gasteiger partial charge in [0.05, 0.1) is 28.5 Å². The molecule has 0 radical (unpaired) electrons. The van der Waals surface area contributed by atoms with E-state index in [1.165, 1.54) is 5.56 Å². The molecule has 25 heavy (non-hydrogen) atoms. The summed E-state index contributed by atoms with van der Waals surface area (Å²) in [5, 5.41) is 11.7. The number of halogens is 1. The fourth-order valence-corrected chi connectivity index (χ4v) is 3.42. The predicted molar refractivity (Wildman–Crippen MR) is 108 cm³/mol. The summed E-state index contributed by atoms with van der Waals surface area (Å²) in [6.45, 7) is 6.41. The maximum absolute atomic E-state index is 5.60. The number of rotatable bonds is 5. The van der Waals surface area contributed by atoms with Crippen LogP contribution in [0, 0.1) is 13.8 Å². The Labute approximate surface area is 162 Å². The summed E-state index contributed by atoms with van der Waals surface area (Å²) in [4.78, 5) is 0. The third-order valence-corrected chi connectivity index (χ3v) is 5.72. The number of nitrogens with zero attached hydrogens (tertiary/aromatic N) is 2. The number of hydrogen-bond donors (Lipinski definition) is 2. The molecule has 5 nitrogen and oxygen atoms in total. The summed E-state index contributed by atoms with van der Waals surface area (Å²) in [6.07, 6.45) is 2.51. The summed E-state index contributed by atoms with van der Waals surface area (Å²) in [6, 6.07) is 8.24. The maximum Gasteiger partial charge on any atom is 0.170 e. The largest absolute Gasteiger partial charge is 0.376 e. The van der Waals surface area contributed by atoms with Gasteiger partial charge in [-0.05, 0) is 72.5 Å². The molecule has 1 aromatic carbocycles. The van der Waals surface area contributed by atoms with E-state index in [0.29, 0.717) is 5.11 Å². The smallest absolute Gasteiger partial charge is 0.170 e. The second-order valence-corrected chi connectivity index (χ2v) is 7.51. The van der Waals surface area contributed by atoms with Gasteiger partial charge in [0.2, 0.25) is 0 Å². The van der Waals surface area contributed by atoms with E-state index in [1.54, 1.807) is 0 Å². The van der Waals surface area contributed by atoms with Crippen LogP contribution in [0.3, 0.4) is 0 Å². The van der Waals surface area contributed by atoms with Crippen LogP contribution in [0.4, 0.5) is 5.69 Å². The van der Waals surface area contributed by atoms with Gasteiger partial charge < -0.3 is 15.4 Å². The van der Waals surface area contributed by atoms with Crippen molar-refractivity contribution in [3.63, 3.8) is 0 Å². The van der Waals surface area contributed by atoms with Gasteiger partial charge in [-0.15, -0.1) is 0 Å². The van der Waals surface area contributed by atoms with Crippen LogP contribution in [-0.4, -0.2) is 34.1 Å². The first-order valence-corrected chi connectivity index (χ1v) is 9.68. The molecule has 0 saturated carbocycles. The van der Waals surface area contributed by atoms with E-state index in [4.69, 9.17) is 17.0 Å². The highest BCUT2D eigenvalue weighted by Gasteiger charge is 2.15. The van der Waals surface area contributed by atoms with Crippen LogP contribution < -0.4 is 10.6 Å². The van der Waals surface area contributed by atoms with Gasteiger partial charge in [-0.1, -0.05) is 12.1 Å². The first-order valence-electron chi connectivity index (χ1n) is 8.48. The lowest BCUT2D eigenvalue weighted by Gasteiger charge is -2.14. The Balaban J connectivity index is 1.58. The molecule has 134 valence electrons. The molecule has 1 aliphatic rings. The Bertz CT molecular complexity index is 756. The standard InChI is InChI=1S/C18H23BrN4OS/c1-12-17(19)13(2)23(22-12)11-14-5-3-6-15(9-14)21-18(25)20-10-16-7-4-8-24-16/h3,5-6,9,16H,4,7-8,10-11H2,1-2H3,(H2,20,21,25). The summed E-state index contributed by atoms with van der Waals surface area (Å²) < 4.78 is 8.68. The summed E-state index contributed by atoms with van der Waals surface area (Å²) >= 11 is 8.96. The van der Waals surface area contributed by atoms with Crippen molar-refractivity contribution < 1.29 is 4.74 Å². The van der Waals surface area contributed by atoms with Crippen molar-refractivity contribution in [3.05, 3.63) is 45.7 Å². The van der Waals surface area contributed by atoms with E-state index in [1.807, 2.05) is 23.7 Å². The average Bonchev–Trinajstić information content (AvgIpc) is 3.19. The fourth-order valence-electron chi connectivity index (χ4n) is 2.94. The zero-order valence-corrected chi connectivity index (χ0v) is 16.9. The molecule has 2 heterocycles. The van der Waals surface area contributed by atoms with Gasteiger partial charge in [-0.3, -0.25) is 4.68 Å². The normalized spacial score (nSPS) is 16.8. The van der Waals surface area contributed by atoms with Crippen molar-refractivity contribution in [1.82, 2.24) is 15.1 Å². The van der Waals surface area contributed by atoms with Gasteiger partial charge >= 0.3 is 0 Å². The minimum absolute atomic E-state index is 0.274. The van der Waals surface area contributed by atoms with Crippen LogP contribution in [0.2, 0.25) is 0 Å². The molecule has 0 amide bonds. The van der Waals surface area contributed by atoms with Crippen LogP contribution >= 0.6 is 28.1 Å². The van der Waals surface area contributed by atoms with Gasteiger partial charge in [0.1, 0.15) is 0 Å². The molecule has 1 saturated heterocycles. The van der Waals surface area contributed by atoms with E-state index in [2.05, 4.69) is 50.7 Å². The Morgan fingerprint density at radius 1 is 1.44 bits per heavy atom. The number of anilines is 1. The Morgan fingerprint density at radius 3 is 2.96 bits per heavy atom. The molecule has 0 aliphatic carbocycles. The van der Waals surface area contributed by atoms with E-state index in [-0.39, 0.29) is 6.10 Å². The van der Waals surface area contributed by atoms with Gasteiger partial charge in [0.15, 0.2) is 5.11 Å².